The number of hydrogen-bond donors (Lipinski definition) is 0. The van der Waals surface area contributed by atoms with Crippen molar-refractivity contribution in [2.24, 2.45) is 0 Å². The average Bonchev–Trinajstić information content (AvgIpc) is 2.15. The maximum atomic E-state index is 11.7. The molecule has 0 aromatic carbocycles. The van der Waals surface area contributed by atoms with Crippen molar-refractivity contribution in [2.75, 3.05) is 11.6 Å². The molecule has 4 nitrogen and oxygen atoms in total. The number of hydrogen-bond acceptors (Lipinski definition) is 4. The van der Waals surface area contributed by atoms with E-state index in [-0.39, 0.29) is 6.04 Å². The zero-order valence-electron chi connectivity index (χ0n) is 9.36. The fourth-order valence-electron chi connectivity index (χ4n) is 1.27. The first kappa shape index (κ1) is 12.4. The molecule has 1 fully saturated rings. The van der Waals surface area contributed by atoms with E-state index in [1.807, 2.05) is 20.8 Å². The number of ether oxygens (including phenoxy) is 1. The van der Waals surface area contributed by atoms with Crippen molar-refractivity contribution in [1.82, 2.24) is 4.90 Å². The van der Waals surface area contributed by atoms with E-state index < -0.39 is 11.7 Å². The molecule has 1 saturated heterocycles. The molecule has 1 rings (SSSR count). The zero-order chi connectivity index (χ0) is 11.5. The summed E-state index contributed by atoms with van der Waals surface area (Å²) in [7, 11) is 0. The molecule has 0 spiro atoms. The Balaban J connectivity index is 2.60. The predicted octanol–water partition coefficient (Wildman–Crippen LogP) is 1.89. The van der Waals surface area contributed by atoms with Crippen LogP contribution in [0, 0.1) is 0 Å². The van der Waals surface area contributed by atoms with Crippen molar-refractivity contribution in [1.29, 1.82) is 0 Å². The van der Waals surface area contributed by atoms with Crippen LogP contribution < -0.4 is 0 Å². The van der Waals surface area contributed by atoms with Gasteiger partial charge in [0.1, 0.15) is 11.9 Å². The maximum absolute atomic E-state index is 11.7. The first-order valence-corrected chi connectivity index (χ1v) is 6.12. The van der Waals surface area contributed by atoms with Crippen molar-refractivity contribution < 1.29 is 14.3 Å². The van der Waals surface area contributed by atoms with Crippen LogP contribution in [0.1, 0.15) is 27.2 Å². The number of nitrogens with zero attached hydrogens (tertiary/aromatic N) is 1. The molecule has 15 heavy (non-hydrogen) atoms. The Morgan fingerprint density at radius 3 is 2.73 bits per heavy atom. The van der Waals surface area contributed by atoms with E-state index in [9.17, 15) is 9.59 Å². The monoisotopic (exact) mass is 231 g/mol. The molecule has 0 aromatic heterocycles. The normalized spacial score (nSPS) is 22.3. The predicted molar refractivity (Wildman–Crippen MR) is 59.9 cm³/mol. The van der Waals surface area contributed by atoms with Crippen molar-refractivity contribution in [3.8, 4) is 0 Å². The van der Waals surface area contributed by atoms with Crippen LogP contribution in [0.25, 0.3) is 0 Å². The molecular formula is C10H17NO3S. The molecule has 1 aliphatic rings. The zero-order valence-corrected chi connectivity index (χ0v) is 10.2. The van der Waals surface area contributed by atoms with Crippen molar-refractivity contribution in [2.45, 2.75) is 38.8 Å². The second kappa shape index (κ2) is 4.88. The van der Waals surface area contributed by atoms with Gasteiger partial charge in [0.2, 0.25) is 0 Å². The Labute approximate surface area is 94.3 Å². The molecule has 5 heteroatoms. The van der Waals surface area contributed by atoms with Crippen molar-refractivity contribution in [3.63, 3.8) is 0 Å². The van der Waals surface area contributed by atoms with Crippen LogP contribution >= 0.6 is 11.8 Å². The van der Waals surface area contributed by atoms with E-state index in [0.717, 1.165) is 12.0 Å². The van der Waals surface area contributed by atoms with Gasteiger partial charge < -0.3 is 9.53 Å². The van der Waals surface area contributed by atoms with Crippen LogP contribution in [0.5, 0.6) is 0 Å². The van der Waals surface area contributed by atoms with Gasteiger partial charge >= 0.3 is 6.09 Å². The lowest BCUT2D eigenvalue weighted by molar-refractivity contribution is -0.112. The summed E-state index contributed by atoms with van der Waals surface area (Å²) in [5, 5.41) is 0. The molecule has 0 aromatic rings. The summed E-state index contributed by atoms with van der Waals surface area (Å²) in [6.07, 6.45) is 1.14. The molecule has 1 aliphatic heterocycles. The minimum absolute atomic E-state index is 0.318. The number of amides is 1. The van der Waals surface area contributed by atoms with Gasteiger partial charge in [0.15, 0.2) is 0 Å². The van der Waals surface area contributed by atoms with Crippen molar-refractivity contribution in [3.05, 3.63) is 0 Å². The molecule has 0 aliphatic carbocycles. The highest BCUT2D eigenvalue weighted by atomic mass is 32.2. The molecule has 0 N–H and O–H groups in total. The molecule has 0 bridgehead atoms. The highest BCUT2D eigenvalue weighted by molar-refractivity contribution is 7.99. The third-order valence-electron chi connectivity index (χ3n) is 1.97. The molecular weight excluding hydrogens is 214 g/mol. The lowest BCUT2D eigenvalue weighted by atomic mass is 10.2. The van der Waals surface area contributed by atoms with Gasteiger partial charge in [-0.25, -0.2) is 4.79 Å². The van der Waals surface area contributed by atoms with Crippen LogP contribution in [0.4, 0.5) is 4.79 Å². The van der Waals surface area contributed by atoms with Crippen LogP contribution in [-0.4, -0.2) is 40.6 Å². The quantitative estimate of drug-likeness (QED) is 0.646. The van der Waals surface area contributed by atoms with Gasteiger partial charge in [-0.2, -0.15) is 0 Å². The Hall–Kier alpha value is -0.710. The van der Waals surface area contributed by atoms with Gasteiger partial charge in [-0.15, -0.1) is 11.8 Å². The van der Waals surface area contributed by atoms with E-state index in [4.69, 9.17) is 4.74 Å². The number of aldehydes is 1. The Morgan fingerprint density at radius 1 is 1.53 bits per heavy atom. The van der Waals surface area contributed by atoms with Gasteiger partial charge in [-0.3, -0.25) is 4.90 Å². The topological polar surface area (TPSA) is 46.6 Å². The SMILES string of the molecule is CC(C)(C)OC(=O)N1CSCCC1C=O. The summed E-state index contributed by atoms with van der Waals surface area (Å²) in [6.45, 7) is 5.45. The molecule has 1 unspecified atom stereocenters. The lowest BCUT2D eigenvalue weighted by Crippen LogP contribution is -2.46. The van der Waals surface area contributed by atoms with Crippen LogP contribution in [0.3, 0.4) is 0 Å². The summed E-state index contributed by atoms with van der Waals surface area (Å²) in [5.74, 6) is 1.46. The van der Waals surface area contributed by atoms with E-state index in [0.29, 0.717) is 12.3 Å². The second-order valence-corrected chi connectivity index (χ2v) is 5.55. The summed E-state index contributed by atoms with van der Waals surface area (Å²) < 4.78 is 5.22. The summed E-state index contributed by atoms with van der Waals surface area (Å²) >= 11 is 1.64. The third-order valence-corrected chi connectivity index (χ3v) is 2.96. The van der Waals surface area contributed by atoms with Crippen LogP contribution in [0.15, 0.2) is 0 Å². The fourth-order valence-corrected chi connectivity index (χ4v) is 2.30. The standard InChI is InChI=1S/C10H17NO3S/c1-10(2,3)14-9(13)11-7-15-5-4-8(11)6-12/h6,8H,4-5,7H2,1-3H3. The summed E-state index contributed by atoms with van der Waals surface area (Å²) in [5.41, 5.74) is -0.507. The number of carbonyl (C=O) groups is 2. The van der Waals surface area contributed by atoms with Gasteiger partial charge in [0, 0.05) is 0 Å². The third kappa shape index (κ3) is 3.74. The maximum Gasteiger partial charge on any atom is 0.411 e. The number of carbonyl (C=O) groups excluding carboxylic acids is 2. The summed E-state index contributed by atoms with van der Waals surface area (Å²) in [6, 6.07) is -0.318. The minimum Gasteiger partial charge on any atom is -0.444 e. The largest absolute Gasteiger partial charge is 0.444 e. The average molecular weight is 231 g/mol. The highest BCUT2D eigenvalue weighted by Crippen LogP contribution is 2.21. The van der Waals surface area contributed by atoms with E-state index in [2.05, 4.69) is 0 Å². The Bertz CT molecular complexity index is 250. The lowest BCUT2D eigenvalue weighted by Gasteiger charge is -2.33. The number of thioether (sulfide) groups is 1. The van der Waals surface area contributed by atoms with Crippen LogP contribution in [0.2, 0.25) is 0 Å². The van der Waals surface area contributed by atoms with Gasteiger partial charge in [0.25, 0.3) is 0 Å². The number of rotatable bonds is 1. The van der Waals surface area contributed by atoms with Crippen molar-refractivity contribution >= 4 is 24.1 Å². The van der Waals surface area contributed by atoms with Gasteiger partial charge in [0.05, 0.1) is 11.9 Å². The fraction of sp³-hybridized carbons (Fsp3) is 0.800. The highest BCUT2D eigenvalue weighted by Gasteiger charge is 2.30. The molecule has 86 valence electrons. The van der Waals surface area contributed by atoms with Gasteiger partial charge in [-0.1, -0.05) is 0 Å². The Kier molecular flexibility index (Phi) is 4.02. The van der Waals surface area contributed by atoms with Crippen LogP contribution in [-0.2, 0) is 9.53 Å². The first-order valence-electron chi connectivity index (χ1n) is 4.97. The minimum atomic E-state index is -0.507. The smallest absolute Gasteiger partial charge is 0.411 e. The van der Waals surface area contributed by atoms with E-state index in [1.165, 1.54) is 4.90 Å². The molecule has 1 heterocycles. The Morgan fingerprint density at radius 2 is 2.20 bits per heavy atom. The first-order chi connectivity index (χ1) is 6.94. The van der Waals surface area contributed by atoms with E-state index >= 15 is 0 Å². The molecule has 0 radical (unpaired) electrons. The second-order valence-electron chi connectivity index (χ2n) is 4.48. The molecule has 0 saturated carbocycles. The van der Waals surface area contributed by atoms with E-state index in [1.54, 1.807) is 11.8 Å². The van der Waals surface area contributed by atoms with Gasteiger partial charge in [-0.05, 0) is 32.9 Å². The summed E-state index contributed by atoms with van der Waals surface area (Å²) in [4.78, 5) is 24.0. The molecule has 1 amide bonds. The molecule has 1 atom stereocenters.